The lowest BCUT2D eigenvalue weighted by molar-refractivity contribution is 1.36. The standard InChI is InChI=1S/C36H22N2S/c1-2-8-23(9-3-1)30-20-18-24-16-17-25-19-21-31(38-36(25)35(24)37-30)27-11-6-10-26(22-27)28-13-7-15-33-34(28)29-12-4-5-14-32(29)39-33/h1-22H. The fourth-order valence-electron chi connectivity index (χ4n) is 5.56. The van der Waals surface area contributed by atoms with Gasteiger partial charge in [-0.15, -0.1) is 11.3 Å². The van der Waals surface area contributed by atoms with Crippen molar-refractivity contribution in [1.29, 1.82) is 0 Å². The third kappa shape index (κ3) is 3.70. The molecule has 0 radical (unpaired) electrons. The van der Waals surface area contributed by atoms with Crippen LogP contribution in [0.15, 0.2) is 133 Å². The van der Waals surface area contributed by atoms with Gasteiger partial charge in [-0.2, -0.15) is 0 Å². The van der Waals surface area contributed by atoms with Gasteiger partial charge in [-0.1, -0.05) is 103 Å². The van der Waals surface area contributed by atoms with Crippen LogP contribution in [0, 0.1) is 0 Å². The highest BCUT2D eigenvalue weighted by atomic mass is 32.1. The van der Waals surface area contributed by atoms with Crippen molar-refractivity contribution >= 4 is 53.3 Å². The molecular weight excluding hydrogens is 492 g/mol. The van der Waals surface area contributed by atoms with Gasteiger partial charge in [-0.3, -0.25) is 0 Å². The molecule has 3 aromatic heterocycles. The summed E-state index contributed by atoms with van der Waals surface area (Å²) >= 11 is 1.85. The molecule has 0 N–H and O–H groups in total. The lowest BCUT2D eigenvalue weighted by Gasteiger charge is -2.10. The molecule has 5 aromatic carbocycles. The van der Waals surface area contributed by atoms with Crippen molar-refractivity contribution in [3.63, 3.8) is 0 Å². The maximum absolute atomic E-state index is 5.18. The fourth-order valence-corrected chi connectivity index (χ4v) is 6.69. The van der Waals surface area contributed by atoms with E-state index in [2.05, 4.69) is 115 Å². The van der Waals surface area contributed by atoms with E-state index in [-0.39, 0.29) is 0 Å². The van der Waals surface area contributed by atoms with E-state index in [1.54, 1.807) is 0 Å². The number of hydrogen-bond acceptors (Lipinski definition) is 3. The molecule has 0 spiro atoms. The molecule has 0 aliphatic rings. The summed E-state index contributed by atoms with van der Waals surface area (Å²) < 4.78 is 2.64. The summed E-state index contributed by atoms with van der Waals surface area (Å²) in [6.07, 6.45) is 0. The maximum atomic E-state index is 5.18. The van der Waals surface area contributed by atoms with Gasteiger partial charge < -0.3 is 0 Å². The number of rotatable bonds is 3. The average molecular weight is 515 g/mol. The second-order valence-corrected chi connectivity index (χ2v) is 10.9. The van der Waals surface area contributed by atoms with E-state index in [9.17, 15) is 0 Å². The van der Waals surface area contributed by atoms with Gasteiger partial charge in [0.2, 0.25) is 0 Å². The molecule has 182 valence electrons. The fraction of sp³-hybridized carbons (Fsp3) is 0. The molecule has 0 bridgehead atoms. The van der Waals surface area contributed by atoms with Crippen LogP contribution in [0.25, 0.3) is 75.6 Å². The zero-order chi connectivity index (χ0) is 25.8. The van der Waals surface area contributed by atoms with Gasteiger partial charge in [-0.05, 0) is 41.5 Å². The Hall–Kier alpha value is -4.86. The first kappa shape index (κ1) is 22.2. The van der Waals surface area contributed by atoms with E-state index in [0.29, 0.717) is 0 Å². The number of fused-ring (bicyclic) bond motifs is 6. The molecule has 0 amide bonds. The molecule has 8 aromatic rings. The highest BCUT2D eigenvalue weighted by Gasteiger charge is 2.13. The van der Waals surface area contributed by atoms with Crippen molar-refractivity contribution in [1.82, 2.24) is 9.97 Å². The van der Waals surface area contributed by atoms with Gasteiger partial charge >= 0.3 is 0 Å². The van der Waals surface area contributed by atoms with Crippen molar-refractivity contribution in [3.05, 3.63) is 133 Å². The second kappa shape index (κ2) is 8.87. The maximum Gasteiger partial charge on any atom is 0.0972 e. The largest absolute Gasteiger partial charge is 0.245 e. The Bertz CT molecular complexity index is 2180. The van der Waals surface area contributed by atoms with Crippen LogP contribution in [-0.2, 0) is 0 Å². The van der Waals surface area contributed by atoms with Crippen molar-refractivity contribution < 1.29 is 0 Å². The first-order chi connectivity index (χ1) is 19.3. The van der Waals surface area contributed by atoms with E-state index in [1.807, 2.05) is 29.5 Å². The predicted octanol–water partition coefficient (Wildman–Crippen LogP) is 10.2. The summed E-state index contributed by atoms with van der Waals surface area (Å²) in [6, 6.07) is 47.2. The summed E-state index contributed by atoms with van der Waals surface area (Å²) in [4.78, 5) is 10.3. The summed E-state index contributed by atoms with van der Waals surface area (Å²) in [7, 11) is 0. The number of benzene rings is 5. The Morgan fingerprint density at radius 3 is 1.82 bits per heavy atom. The van der Waals surface area contributed by atoms with E-state index in [4.69, 9.17) is 9.97 Å². The SMILES string of the molecule is c1ccc(-c2ccc3ccc4ccc(-c5cccc(-c6cccc7sc8ccccc8c67)c5)nc4c3n2)cc1. The summed E-state index contributed by atoms with van der Waals surface area (Å²) in [5.74, 6) is 0. The van der Waals surface area contributed by atoms with Crippen LogP contribution in [0.1, 0.15) is 0 Å². The molecule has 39 heavy (non-hydrogen) atoms. The van der Waals surface area contributed by atoms with Crippen LogP contribution in [0.3, 0.4) is 0 Å². The minimum atomic E-state index is 0.930. The number of nitrogens with zero attached hydrogens (tertiary/aromatic N) is 2. The summed E-state index contributed by atoms with van der Waals surface area (Å²) in [6.45, 7) is 0. The first-order valence-electron chi connectivity index (χ1n) is 13.1. The van der Waals surface area contributed by atoms with Gasteiger partial charge in [0.1, 0.15) is 0 Å². The Kier molecular flexibility index (Phi) is 5.04. The van der Waals surface area contributed by atoms with E-state index >= 15 is 0 Å². The van der Waals surface area contributed by atoms with Crippen LogP contribution in [0.4, 0.5) is 0 Å². The molecule has 0 atom stereocenters. The van der Waals surface area contributed by atoms with Crippen LogP contribution in [0.2, 0.25) is 0 Å². The minimum absolute atomic E-state index is 0.930. The first-order valence-corrected chi connectivity index (χ1v) is 13.9. The molecular formula is C36H22N2S. The van der Waals surface area contributed by atoms with E-state index < -0.39 is 0 Å². The van der Waals surface area contributed by atoms with E-state index in [1.165, 1.54) is 31.3 Å². The third-order valence-electron chi connectivity index (χ3n) is 7.46. The average Bonchev–Trinajstić information content (AvgIpc) is 3.40. The highest BCUT2D eigenvalue weighted by molar-refractivity contribution is 7.25. The summed E-state index contributed by atoms with van der Waals surface area (Å²) in [5.41, 5.74) is 8.43. The molecule has 8 rings (SSSR count). The van der Waals surface area contributed by atoms with E-state index in [0.717, 1.165) is 44.3 Å². The zero-order valence-electron chi connectivity index (χ0n) is 21.0. The molecule has 0 unspecified atom stereocenters. The van der Waals surface area contributed by atoms with Crippen LogP contribution in [0.5, 0.6) is 0 Å². The number of pyridine rings is 2. The third-order valence-corrected chi connectivity index (χ3v) is 8.60. The molecule has 0 aliphatic heterocycles. The molecule has 0 saturated heterocycles. The van der Waals surface area contributed by atoms with Crippen molar-refractivity contribution in [2.24, 2.45) is 0 Å². The Labute approximate surface area is 229 Å². The molecule has 0 fully saturated rings. The number of hydrogen-bond donors (Lipinski definition) is 0. The highest BCUT2D eigenvalue weighted by Crippen LogP contribution is 2.40. The van der Waals surface area contributed by atoms with Crippen LogP contribution in [-0.4, -0.2) is 9.97 Å². The van der Waals surface area contributed by atoms with Crippen molar-refractivity contribution in [2.75, 3.05) is 0 Å². The molecule has 0 aliphatic carbocycles. The van der Waals surface area contributed by atoms with Gasteiger partial charge in [0.25, 0.3) is 0 Å². The van der Waals surface area contributed by atoms with Gasteiger partial charge in [-0.25, -0.2) is 9.97 Å². The summed E-state index contributed by atoms with van der Waals surface area (Å²) in [5, 5.41) is 4.82. The van der Waals surface area contributed by atoms with Gasteiger partial charge in [0, 0.05) is 42.1 Å². The number of thiophene rings is 1. The number of aromatic nitrogens is 2. The zero-order valence-corrected chi connectivity index (χ0v) is 21.8. The molecule has 3 heterocycles. The van der Waals surface area contributed by atoms with Gasteiger partial charge in [0.15, 0.2) is 0 Å². The van der Waals surface area contributed by atoms with Crippen molar-refractivity contribution in [3.8, 4) is 33.6 Å². The second-order valence-electron chi connectivity index (χ2n) is 9.83. The predicted molar refractivity (Wildman–Crippen MR) is 166 cm³/mol. The van der Waals surface area contributed by atoms with Crippen molar-refractivity contribution in [2.45, 2.75) is 0 Å². The normalized spacial score (nSPS) is 11.6. The lowest BCUT2D eigenvalue weighted by atomic mass is 9.97. The molecule has 3 heteroatoms. The smallest absolute Gasteiger partial charge is 0.0972 e. The Balaban J connectivity index is 1.29. The monoisotopic (exact) mass is 514 g/mol. The topological polar surface area (TPSA) is 25.8 Å². The van der Waals surface area contributed by atoms with Crippen LogP contribution < -0.4 is 0 Å². The molecule has 0 saturated carbocycles. The minimum Gasteiger partial charge on any atom is -0.245 e. The Morgan fingerprint density at radius 2 is 1.03 bits per heavy atom. The molecule has 2 nitrogen and oxygen atoms in total. The quantitative estimate of drug-likeness (QED) is 0.219. The Morgan fingerprint density at radius 1 is 0.436 bits per heavy atom. The lowest BCUT2D eigenvalue weighted by Crippen LogP contribution is -1.91. The van der Waals surface area contributed by atoms with Crippen LogP contribution >= 0.6 is 11.3 Å². The van der Waals surface area contributed by atoms with Gasteiger partial charge in [0.05, 0.1) is 22.4 Å².